The van der Waals surface area contributed by atoms with Crippen molar-refractivity contribution in [2.75, 3.05) is 7.11 Å². The molecule has 100 valence electrons. The van der Waals surface area contributed by atoms with Crippen molar-refractivity contribution in [3.63, 3.8) is 0 Å². The average Bonchev–Trinajstić information content (AvgIpc) is 2.45. The van der Waals surface area contributed by atoms with Gasteiger partial charge in [-0.3, -0.25) is 0 Å². The maximum absolute atomic E-state index is 9.41. The minimum absolute atomic E-state index is 0.244. The maximum Gasteiger partial charge on any atom is 0.118 e. The van der Waals surface area contributed by atoms with Gasteiger partial charge < -0.3 is 15.2 Å². The lowest BCUT2D eigenvalue weighted by molar-refractivity contribution is 0.414. The van der Waals surface area contributed by atoms with Crippen LogP contribution in [0.25, 0.3) is 0 Å². The van der Waals surface area contributed by atoms with Crippen LogP contribution in [0.3, 0.4) is 0 Å². The van der Waals surface area contributed by atoms with Crippen molar-refractivity contribution < 1.29 is 9.84 Å². The number of methoxy groups -OCH3 is 1. The molecule has 0 bridgehead atoms. The monoisotopic (exact) mass is 257 g/mol. The Balaban J connectivity index is 1.95. The second-order valence-electron chi connectivity index (χ2n) is 4.55. The molecule has 3 heteroatoms. The first-order valence-corrected chi connectivity index (χ1v) is 6.34. The first-order valence-electron chi connectivity index (χ1n) is 6.34. The van der Waals surface area contributed by atoms with Crippen molar-refractivity contribution in [2.24, 2.45) is 0 Å². The van der Waals surface area contributed by atoms with Gasteiger partial charge in [0.05, 0.1) is 7.11 Å². The topological polar surface area (TPSA) is 41.5 Å². The van der Waals surface area contributed by atoms with Gasteiger partial charge in [0.2, 0.25) is 0 Å². The van der Waals surface area contributed by atoms with Gasteiger partial charge in [0, 0.05) is 12.6 Å². The fourth-order valence-electron chi connectivity index (χ4n) is 1.95. The molecule has 0 heterocycles. The second kappa shape index (κ2) is 6.25. The second-order valence-corrected chi connectivity index (χ2v) is 4.55. The Labute approximate surface area is 113 Å². The van der Waals surface area contributed by atoms with Crippen molar-refractivity contribution in [3.8, 4) is 11.5 Å². The summed E-state index contributed by atoms with van der Waals surface area (Å²) in [5.74, 6) is 1.17. The molecule has 0 saturated carbocycles. The summed E-state index contributed by atoms with van der Waals surface area (Å²) >= 11 is 0. The largest absolute Gasteiger partial charge is 0.508 e. The number of nitrogens with one attached hydrogen (secondary N) is 1. The highest BCUT2D eigenvalue weighted by atomic mass is 16.5. The van der Waals surface area contributed by atoms with Gasteiger partial charge in [-0.25, -0.2) is 0 Å². The molecule has 0 saturated heterocycles. The summed E-state index contributed by atoms with van der Waals surface area (Å²) in [6.07, 6.45) is 0. The molecule has 0 aliphatic heterocycles. The SMILES string of the molecule is COc1ccc([C@@H](C)NCc2cccc(O)c2)cc1. The van der Waals surface area contributed by atoms with Crippen molar-refractivity contribution in [3.05, 3.63) is 59.7 Å². The zero-order valence-corrected chi connectivity index (χ0v) is 11.3. The number of phenolic OH excluding ortho intramolecular Hbond substituents is 1. The van der Waals surface area contributed by atoms with Crippen molar-refractivity contribution >= 4 is 0 Å². The summed E-state index contributed by atoms with van der Waals surface area (Å²) in [6.45, 7) is 2.84. The highest BCUT2D eigenvalue weighted by Gasteiger charge is 2.05. The first-order chi connectivity index (χ1) is 9.19. The van der Waals surface area contributed by atoms with E-state index in [2.05, 4.69) is 24.4 Å². The average molecular weight is 257 g/mol. The minimum Gasteiger partial charge on any atom is -0.508 e. The van der Waals surface area contributed by atoms with Gasteiger partial charge in [0.25, 0.3) is 0 Å². The van der Waals surface area contributed by atoms with Gasteiger partial charge in [0.15, 0.2) is 0 Å². The molecule has 2 rings (SSSR count). The third kappa shape index (κ3) is 3.73. The van der Waals surface area contributed by atoms with Gasteiger partial charge in [-0.1, -0.05) is 24.3 Å². The van der Waals surface area contributed by atoms with Crippen LogP contribution in [0.4, 0.5) is 0 Å². The van der Waals surface area contributed by atoms with Gasteiger partial charge in [0.1, 0.15) is 11.5 Å². The zero-order valence-electron chi connectivity index (χ0n) is 11.3. The van der Waals surface area contributed by atoms with E-state index in [1.165, 1.54) is 5.56 Å². The van der Waals surface area contributed by atoms with Gasteiger partial charge in [-0.15, -0.1) is 0 Å². The summed E-state index contributed by atoms with van der Waals surface area (Å²) in [4.78, 5) is 0. The summed E-state index contributed by atoms with van der Waals surface area (Å²) in [5, 5.41) is 12.8. The number of rotatable bonds is 5. The van der Waals surface area contributed by atoms with Crippen molar-refractivity contribution in [2.45, 2.75) is 19.5 Å². The van der Waals surface area contributed by atoms with E-state index in [4.69, 9.17) is 4.74 Å². The van der Waals surface area contributed by atoms with Crippen LogP contribution in [0, 0.1) is 0 Å². The molecule has 2 aromatic rings. The Hall–Kier alpha value is -2.00. The number of aromatic hydroxyl groups is 1. The molecule has 0 aliphatic carbocycles. The van der Waals surface area contributed by atoms with Crippen LogP contribution in [-0.4, -0.2) is 12.2 Å². The molecule has 19 heavy (non-hydrogen) atoms. The Morgan fingerprint density at radius 1 is 1.16 bits per heavy atom. The molecular weight excluding hydrogens is 238 g/mol. The van der Waals surface area contributed by atoms with E-state index in [1.54, 1.807) is 19.2 Å². The Kier molecular flexibility index (Phi) is 4.42. The van der Waals surface area contributed by atoms with Gasteiger partial charge in [-0.2, -0.15) is 0 Å². The lowest BCUT2D eigenvalue weighted by Crippen LogP contribution is -2.17. The van der Waals surface area contributed by atoms with Crippen LogP contribution < -0.4 is 10.1 Å². The highest BCUT2D eigenvalue weighted by molar-refractivity contribution is 5.30. The van der Waals surface area contributed by atoms with E-state index in [0.717, 1.165) is 17.9 Å². The standard InChI is InChI=1S/C16H19NO2/c1-12(14-6-8-16(19-2)9-7-14)17-11-13-4-3-5-15(18)10-13/h3-10,12,17-18H,11H2,1-2H3/t12-/m1/s1. The summed E-state index contributed by atoms with van der Waals surface area (Å²) in [5.41, 5.74) is 2.28. The van der Waals surface area contributed by atoms with Crippen LogP contribution in [-0.2, 0) is 6.54 Å². The predicted molar refractivity (Wildman–Crippen MR) is 76.4 cm³/mol. The molecule has 0 amide bonds. The maximum atomic E-state index is 9.41. The smallest absolute Gasteiger partial charge is 0.118 e. The highest BCUT2D eigenvalue weighted by Crippen LogP contribution is 2.18. The van der Waals surface area contributed by atoms with Crippen LogP contribution >= 0.6 is 0 Å². The number of phenols is 1. The Morgan fingerprint density at radius 2 is 1.89 bits per heavy atom. The number of hydrogen-bond acceptors (Lipinski definition) is 3. The van der Waals surface area contributed by atoms with Crippen LogP contribution in [0.1, 0.15) is 24.1 Å². The Morgan fingerprint density at radius 3 is 2.53 bits per heavy atom. The third-order valence-electron chi connectivity index (χ3n) is 3.14. The summed E-state index contributed by atoms with van der Waals surface area (Å²) in [6, 6.07) is 15.6. The molecule has 2 aromatic carbocycles. The fraction of sp³-hybridized carbons (Fsp3) is 0.250. The Bertz CT molecular complexity index is 523. The van der Waals surface area contributed by atoms with Crippen LogP contribution in [0.2, 0.25) is 0 Å². The van der Waals surface area contributed by atoms with E-state index in [9.17, 15) is 5.11 Å². The van der Waals surface area contributed by atoms with E-state index >= 15 is 0 Å². The van der Waals surface area contributed by atoms with Crippen molar-refractivity contribution in [1.29, 1.82) is 0 Å². The number of benzene rings is 2. The molecule has 3 nitrogen and oxygen atoms in total. The summed E-state index contributed by atoms with van der Waals surface area (Å²) in [7, 11) is 1.67. The third-order valence-corrected chi connectivity index (χ3v) is 3.14. The molecule has 2 N–H and O–H groups in total. The zero-order chi connectivity index (χ0) is 13.7. The molecule has 0 fully saturated rings. The van der Waals surface area contributed by atoms with Gasteiger partial charge in [-0.05, 0) is 42.3 Å². The lowest BCUT2D eigenvalue weighted by Gasteiger charge is -2.15. The van der Waals surface area contributed by atoms with E-state index in [-0.39, 0.29) is 6.04 Å². The van der Waals surface area contributed by atoms with Crippen molar-refractivity contribution in [1.82, 2.24) is 5.32 Å². The predicted octanol–water partition coefficient (Wildman–Crippen LogP) is 3.25. The quantitative estimate of drug-likeness (QED) is 0.864. The molecular formula is C16H19NO2. The molecule has 0 radical (unpaired) electrons. The van der Waals surface area contributed by atoms with Gasteiger partial charge >= 0.3 is 0 Å². The number of ether oxygens (including phenoxy) is 1. The first kappa shape index (κ1) is 13.4. The van der Waals surface area contributed by atoms with Crippen LogP contribution in [0.5, 0.6) is 11.5 Å². The lowest BCUT2D eigenvalue weighted by atomic mass is 10.1. The molecule has 0 aliphatic rings. The molecule has 1 atom stereocenters. The molecule has 0 aromatic heterocycles. The minimum atomic E-state index is 0.244. The molecule has 0 spiro atoms. The molecule has 0 unspecified atom stereocenters. The van der Waals surface area contributed by atoms with Crippen LogP contribution in [0.15, 0.2) is 48.5 Å². The summed E-state index contributed by atoms with van der Waals surface area (Å²) < 4.78 is 5.14. The van der Waals surface area contributed by atoms with E-state index in [0.29, 0.717) is 5.75 Å². The number of hydrogen-bond donors (Lipinski definition) is 2. The van der Waals surface area contributed by atoms with E-state index < -0.39 is 0 Å². The normalized spacial score (nSPS) is 12.1. The van der Waals surface area contributed by atoms with E-state index in [1.807, 2.05) is 24.3 Å². The fourth-order valence-corrected chi connectivity index (χ4v) is 1.95.